The summed E-state index contributed by atoms with van der Waals surface area (Å²) in [6.07, 6.45) is 2.14. The molecule has 74 valence electrons. The molecule has 0 bridgehead atoms. The Morgan fingerprint density at radius 1 is 1.43 bits per heavy atom. The van der Waals surface area contributed by atoms with Crippen molar-refractivity contribution in [2.75, 3.05) is 0 Å². The number of nitrogens with zero attached hydrogens (tertiary/aromatic N) is 1. The summed E-state index contributed by atoms with van der Waals surface area (Å²) in [4.78, 5) is 4.28. The molecule has 4 heteroatoms. The van der Waals surface area contributed by atoms with E-state index >= 15 is 0 Å². The van der Waals surface area contributed by atoms with E-state index < -0.39 is 0 Å². The first-order chi connectivity index (χ1) is 6.81. The third-order valence-electron chi connectivity index (χ3n) is 2.12. The number of hydrazine groups is 1. The fraction of sp³-hybridized carbons (Fsp3) is 0.300. The van der Waals surface area contributed by atoms with Gasteiger partial charge in [0, 0.05) is 0 Å². The highest BCUT2D eigenvalue weighted by Gasteiger charge is 2.21. The molecule has 2 rings (SSSR count). The molecular formula is C10H12FN3. The van der Waals surface area contributed by atoms with Crippen LogP contribution in [0, 0.1) is 5.82 Å². The largest absolute Gasteiger partial charge is 0.308 e. The summed E-state index contributed by atoms with van der Waals surface area (Å²) >= 11 is 0. The number of amidine groups is 1. The van der Waals surface area contributed by atoms with Crippen LogP contribution >= 0.6 is 0 Å². The van der Waals surface area contributed by atoms with Crippen LogP contribution < -0.4 is 11.3 Å². The Bertz CT molecular complexity index is 358. The Kier molecular flexibility index (Phi) is 2.45. The van der Waals surface area contributed by atoms with E-state index in [1.54, 1.807) is 18.2 Å². The lowest BCUT2D eigenvalue weighted by Gasteiger charge is -2.06. The van der Waals surface area contributed by atoms with Gasteiger partial charge in [-0.3, -0.25) is 4.99 Å². The highest BCUT2D eigenvalue weighted by molar-refractivity contribution is 5.98. The molecule has 3 N–H and O–H groups in total. The first-order valence-electron chi connectivity index (χ1n) is 4.60. The minimum Gasteiger partial charge on any atom is -0.308 e. The van der Waals surface area contributed by atoms with Gasteiger partial charge >= 0.3 is 0 Å². The van der Waals surface area contributed by atoms with Gasteiger partial charge < -0.3 is 5.43 Å². The average molecular weight is 193 g/mol. The molecule has 0 amide bonds. The Morgan fingerprint density at radius 3 is 2.71 bits per heavy atom. The summed E-state index contributed by atoms with van der Waals surface area (Å²) in [7, 11) is 0. The topological polar surface area (TPSA) is 50.4 Å². The van der Waals surface area contributed by atoms with Gasteiger partial charge in [-0.25, -0.2) is 10.2 Å². The molecule has 1 aliphatic carbocycles. The van der Waals surface area contributed by atoms with Crippen LogP contribution in [0.15, 0.2) is 29.3 Å². The van der Waals surface area contributed by atoms with Crippen molar-refractivity contribution in [3.8, 4) is 0 Å². The molecule has 1 saturated carbocycles. The van der Waals surface area contributed by atoms with Crippen molar-refractivity contribution in [1.29, 1.82) is 0 Å². The fourth-order valence-electron chi connectivity index (χ4n) is 1.22. The van der Waals surface area contributed by atoms with E-state index in [2.05, 4.69) is 10.4 Å². The third kappa shape index (κ3) is 1.90. The number of halogens is 1. The number of hydrogen-bond donors (Lipinski definition) is 2. The van der Waals surface area contributed by atoms with Crippen LogP contribution in [0.25, 0.3) is 0 Å². The molecule has 1 aromatic rings. The van der Waals surface area contributed by atoms with Crippen LogP contribution in [-0.2, 0) is 0 Å². The van der Waals surface area contributed by atoms with Crippen molar-refractivity contribution < 1.29 is 4.39 Å². The van der Waals surface area contributed by atoms with Gasteiger partial charge in [0.2, 0.25) is 0 Å². The van der Waals surface area contributed by atoms with Crippen LogP contribution in [0.2, 0.25) is 0 Å². The molecule has 0 radical (unpaired) electrons. The highest BCUT2D eigenvalue weighted by Crippen LogP contribution is 2.24. The van der Waals surface area contributed by atoms with E-state index in [1.807, 2.05) is 0 Å². The molecule has 1 fully saturated rings. The molecule has 1 aliphatic rings. The minimum absolute atomic E-state index is 0.301. The van der Waals surface area contributed by atoms with Crippen molar-refractivity contribution in [2.45, 2.75) is 18.9 Å². The van der Waals surface area contributed by atoms with Crippen molar-refractivity contribution in [3.63, 3.8) is 0 Å². The summed E-state index contributed by atoms with van der Waals surface area (Å²) in [6.45, 7) is 0. The molecule has 3 nitrogen and oxygen atoms in total. The van der Waals surface area contributed by atoms with Crippen LogP contribution in [0.3, 0.4) is 0 Å². The van der Waals surface area contributed by atoms with E-state index in [1.165, 1.54) is 6.07 Å². The number of nitrogens with two attached hydrogens (primary N) is 1. The summed E-state index contributed by atoms with van der Waals surface area (Å²) < 4.78 is 13.3. The zero-order valence-electron chi connectivity index (χ0n) is 7.70. The third-order valence-corrected chi connectivity index (χ3v) is 2.12. The second-order valence-electron chi connectivity index (χ2n) is 3.33. The van der Waals surface area contributed by atoms with Crippen LogP contribution in [0.4, 0.5) is 4.39 Å². The maximum Gasteiger partial charge on any atom is 0.145 e. The Balaban J connectivity index is 2.30. The molecular weight excluding hydrogens is 181 g/mol. The van der Waals surface area contributed by atoms with E-state index in [-0.39, 0.29) is 5.82 Å². The van der Waals surface area contributed by atoms with Gasteiger partial charge in [-0.2, -0.15) is 0 Å². The van der Waals surface area contributed by atoms with Gasteiger partial charge in [-0.15, -0.1) is 0 Å². The van der Waals surface area contributed by atoms with E-state index in [0.29, 0.717) is 17.4 Å². The van der Waals surface area contributed by atoms with Gasteiger partial charge in [0.15, 0.2) is 0 Å². The lowest BCUT2D eigenvalue weighted by molar-refractivity contribution is 0.623. The normalized spacial score (nSPS) is 16.9. The van der Waals surface area contributed by atoms with Gasteiger partial charge in [-0.1, -0.05) is 12.1 Å². The summed E-state index contributed by atoms with van der Waals surface area (Å²) in [6, 6.07) is 6.79. The molecule has 0 heterocycles. The molecule has 1 aromatic carbocycles. The first-order valence-corrected chi connectivity index (χ1v) is 4.60. The first kappa shape index (κ1) is 9.15. The SMILES string of the molecule is NNC(=NC1CC1)c1ccccc1F. The van der Waals surface area contributed by atoms with Crippen molar-refractivity contribution in [1.82, 2.24) is 5.43 Å². The second-order valence-corrected chi connectivity index (χ2v) is 3.33. The Labute approximate surface area is 81.8 Å². The molecule has 14 heavy (non-hydrogen) atoms. The number of aliphatic imine (C=N–C) groups is 1. The Hall–Kier alpha value is -1.42. The molecule has 0 spiro atoms. The summed E-state index contributed by atoms with van der Waals surface area (Å²) in [5.74, 6) is 5.44. The summed E-state index contributed by atoms with van der Waals surface area (Å²) in [5, 5.41) is 0. The fourth-order valence-corrected chi connectivity index (χ4v) is 1.22. The molecule has 0 aromatic heterocycles. The maximum absolute atomic E-state index is 13.3. The number of hydrogen-bond acceptors (Lipinski definition) is 2. The lowest BCUT2D eigenvalue weighted by Crippen LogP contribution is -2.32. The standard InChI is InChI=1S/C10H12FN3/c11-9-4-2-1-3-8(9)10(14-12)13-7-5-6-7/h1-4,7H,5-6,12H2,(H,13,14). The molecule has 0 atom stereocenters. The number of benzene rings is 1. The zero-order chi connectivity index (χ0) is 9.97. The molecule has 0 aliphatic heterocycles. The van der Waals surface area contributed by atoms with Gasteiger partial charge in [-0.05, 0) is 25.0 Å². The van der Waals surface area contributed by atoms with Crippen LogP contribution in [0.1, 0.15) is 18.4 Å². The number of rotatable bonds is 2. The van der Waals surface area contributed by atoms with Gasteiger partial charge in [0.05, 0.1) is 11.6 Å². The van der Waals surface area contributed by atoms with E-state index in [9.17, 15) is 4.39 Å². The number of nitrogens with one attached hydrogen (secondary N) is 1. The van der Waals surface area contributed by atoms with Gasteiger partial charge in [0.25, 0.3) is 0 Å². The van der Waals surface area contributed by atoms with E-state index in [4.69, 9.17) is 5.84 Å². The van der Waals surface area contributed by atoms with Crippen molar-refractivity contribution in [3.05, 3.63) is 35.6 Å². The van der Waals surface area contributed by atoms with Gasteiger partial charge in [0.1, 0.15) is 11.7 Å². The Morgan fingerprint density at radius 2 is 2.14 bits per heavy atom. The predicted octanol–water partition coefficient (Wildman–Crippen LogP) is 1.20. The second kappa shape index (κ2) is 3.75. The van der Waals surface area contributed by atoms with E-state index in [0.717, 1.165) is 12.8 Å². The predicted molar refractivity (Wildman–Crippen MR) is 53.3 cm³/mol. The average Bonchev–Trinajstić information content (AvgIpc) is 2.99. The highest BCUT2D eigenvalue weighted by atomic mass is 19.1. The molecule has 0 unspecified atom stereocenters. The van der Waals surface area contributed by atoms with Crippen LogP contribution in [0.5, 0.6) is 0 Å². The maximum atomic E-state index is 13.3. The minimum atomic E-state index is -0.301. The lowest BCUT2D eigenvalue weighted by atomic mass is 10.2. The smallest absolute Gasteiger partial charge is 0.145 e. The zero-order valence-corrected chi connectivity index (χ0v) is 7.70. The molecule has 0 saturated heterocycles. The van der Waals surface area contributed by atoms with Crippen molar-refractivity contribution >= 4 is 5.84 Å². The van der Waals surface area contributed by atoms with Crippen LogP contribution in [-0.4, -0.2) is 11.9 Å². The van der Waals surface area contributed by atoms with Crippen molar-refractivity contribution in [2.24, 2.45) is 10.8 Å². The summed E-state index contributed by atoms with van der Waals surface area (Å²) in [5.41, 5.74) is 2.87. The quantitative estimate of drug-likeness (QED) is 0.321. The monoisotopic (exact) mass is 193 g/mol.